The van der Waals surface area contributed by atoms with Gasteiger partial charge in [-0.1, -0.05) is 6.92 Å². The van der Waals surface area contributed by atoms with Crippen molar-refractivity contribution in [3.63, 3.8) is 0 Å². The minimum atomic E-state index is 0.578. The van der Waals surface area contributed by atoms with Crippen LogP contribution in [0, 0.1) is 0 Å². The van der Waals surface area contributed by atoms with E-state index in [1.165, 1.54) is 28.7 Å². The van der Waals surface area contributed by atoms with E-state index in [4.69, 9.17) is 0 Å². The van der Waals surface area contributed by atoms with Crippen LogP contribution in [0.4, 0.5) is 0 Å². The van der Waals surface area contributed by atoms with Gasteiger partial charge in [0.05, 0.1) is 10.2 Å². The van der Waals surface area contributed by atoms with Crippen LogP contribution in [0.15, 0.2) is 4.47 Å². The van der Waals surface area contributed by atoms with E-state index in [1.807, 2.05) is 0 Å². The second-order valence-corrected chi connectivity index (χ2v) is 4.59. The molecule has 1 saturated heterocycles. The molecule has 2 heterocycles. The van der Waals surface area contributed by atoms with Crippen LogP contribution in [0.2, 0.25) is 0 Å². The van der Waals surface area contributed by atoms with Gasteiger partial charge >= 0.3 is 0 Å². The molecule has 2 N–H and O–H groups in total. The smallest absolute Gasteiger partial charge is 0.0810 e. The minimum Gasteiger partial charge on any atom is -0.316 e. The van der Waals surface area contributed by atoms with E-state index in [0.717, 1.165) is 19.5 Å². The van der Waals surface area contributed by atoms with Gasteiger partial charge in [0.1, 0.15) is 0 Å². The lowest BCUT2D eigenvalue weighted by atomic mass is 9.96. The predicted molar refractivity (Wildman–Crippen MR) is 60.5 cm³/mol. The predicted octanol–water partition coefficient (Wildman–Crippen LogP) is 2.20. The van der Waals surface area contributed by atoms with E-state index in [2.05, 4.69) is 38.4 Å². The summed E-state index contributed by atoms with van der Waals surface area (Å²) in [6.07, 6.45) is 3.51. The highest BCUT2D eigenvalue weighted by atomic mass is 79.9. The standard InChI is InChI=1S/C10H16BrN3/c1-2-8-9(11)10(14-13-8)7-4-3-5-12-6-7/h7,12H,2-6H2,1H3,(H,13,14). The van der Waals surface area contributed by atoms with Gasteiger partial charge < -0.3 is 5.32 Å². The van der Waals surface area contributed by atoms with Gasteiger partial charge in [-0.05, 0) is 41.7 Å². The molecule has 1 aliphatic rings. The Morgan fingerprint density at radius 1 is 1.57 bits per heavy atom. The zero-order valence-electron chi connectivity index (χ0n) is 8.44. The molecule has 0 aromatic carbocycles. The fraction of sp³-hybridized carbons (Fsp3) is 0.700. The molecule has 3 nitrogen and oxygen atoms in total. The molecule has 0 spiro atoms. The van der Waals surface area contributed by atoms with Crippen LogP contribution in [-0.4, -0.2) is 23.3 Å². The second kappa shape index (κ2) is 4.45. The van der Waals surface area contributed by atoms with Gasteiger partial charge in [-0.3, -0.25) is 5.10 Å². The van der Waals surface area contributed by atoms with E-state index in [9.17, 15) is 0 Å². The highest BCUT2D eigenvalue weighted by Gasteiger charge is 2.21. The quantitative estimate of drug-likeness (QED) is 0.853. The van der Waals surface area contributed by atoms with Gasteiger partial charge in [-0.2, -0.15) is 5.10 Å². The number of rotatable bonds is 2. The highest BCUT2D eigenvalue weighted by Crippen LogP contribution is 2.30. The number of hydrogen-bond donors (Lipinski definition) is 2. The molecule has 14 heavy (non-hydrogen) atoms. The van der Waals surface area contributed by atoms with Gasteiger partial charge in [0.25, 0.3) is 0 Å². The first-order chi connectivity index (χ1) is 6.83. The first-order valence-electron chi connectivity index (χ1n) is 5.26. The lowest BCUT2D eigenvalue weighted by molar-refractivity contribution is 0.453. The van der Waals surface area contributed by atoms with Crippen LogP contribution in [0.5, 0.6) is 0 Å². The molecule has 2 rings (SSSR count). The summed E-state index contributed by atoms with van der Waals surface area (Å²) in [6.45, 7) is 4.35. The van der Waals surface area contributed by atoms with Crippen molar-refractivity contribution in [2.24, 2.45) is 0 Å². The third-order valence-electron chi connectivity index (χ3n) is 2.84. The number of nitrogens with one attached hydrogen (secondary N) is 2. The maximum absolute atomic E-state index is 4.40. The Morgan fingerprint density at radius 3 is 3.00 bits per heavy atom. The van der Waals surface area contributed by atoms with E-state index in [1.54, 1.807) is 0 Å². The SMILES string of the molecule is CCc1[nH]nc(C2CCCNC2)c1Br. The van der Waals surface area contributed by atoms with E-state index < -0.39 is 0 Å². The van der Waals surface area contributed by atoms with Crippen molar-refractivity contribution in [2.45, 2.75) is 32.1 Å². The number of halogens is 1. The Labute approximate surface area is 92.8 Å². The normalized spacial score (nSPS) is 22.6. The van der Waals surface area contributed by atoms with E-state index in [0.29, 0.717) is 5.92 Å². The van der Waals surface area contributed by atoms with Crippen molar-refractivity contribution < 1.29 is 0 Å². The topological polar surface area (TPSA) is 40.7 Å². The molecular formula is C10H16BrN3. The van der Waals surface area contributed by atoms with Gasteiger partial charge in [0, 0.05) is 18.2 Å². The van der Waals surface area contributed by atoms with Crippen molar-refractivity contribution in [1.82, 2.24) is 15.5 Å². The molecule has 1 fully saturated rings. The lowest BCUT2D eigenvalue weighted by Crippen LogP contribution is -2.28. The Morgan fingerprint density at radius 2 is 2.43 bits per heavy atom. The third-order valence-corrected chi connectivity index (χ3v) is 3.72. The van der Waals surface area contributed by atoms with Gasteiger partial charge in [-0.15, -0.1) is 0 Å². The number of aromatic amines is 1. The highest BCUT2D eigenvalue weighted by molar-refractivity contribution is 9.10. The third kappa shape index (κ3) is 1.86. The van der Waals surface area contributed by atoms with E-state index >= 15 is 0 Å². The lowest BCUT2D eigenvalue weighted by Gasteiger charge is -2.21. The number of nitrogens with zero attached hydrogens (tertiary/aromatic N) is 1. The van der Waals surface area contributed by atoms with Gasteiger partial charge in [-0.25, -0.2) is 0 Å². The van der Waals surface area contributed by atoms with Crippen molar-refractivity contribution in [2.75, 3.05) is 13.1 Å². The molecule has 0 radical (unpaired) electrons. The molecule has 1 unspecified atom stereocenters. The van der Waals surface area contributed by atoms with Gasteiger partial charge in [0.2, 0.25) is 0 Å². The van der Waals surface area contributed by atoms with Crippen LogP contribution < -0.4 is 5.32 Å². The maximum Gasteiger partial charge on any atom is 0.0810 e. The molecule has 0 bridgehead atoms. The molecule has 1 aromatic rings. The summed E-state index contributed by atoms with van der Waals surface area (Å²) in [7, 11) is 0. The average molecular weight is 258 g/mol. The number of aromatic nitrogens is 2. The molecule has 1 aliphatic heterocycles. The Bertz CT molecular complexity index is 302. The van der Waals surface area contributed by atoms with Crippen molar-refractivity contribution in [1.29, 1.82) is 0 Å². The zero-order chi connectivity index (χ0) is 9.97. The summed E-state index contributed by atoms with van der Waals surface area (Å²) in [5, 5.41) is 10.9. The molecule has 0 aliphatic carbocycles. The van der Waals surface area contributed by atoms with Crippen LogP contribution in [-0.2, 0) is 6.42 Å². The van der Waals surface area contributed by atoms with Crippen LogP contribution in [0.25, 0.3) is 0 Å². The van der Waals surface area contributed by atoms with Crippen molar-refractivity contribution in [3.8, 4) is 0 Å². The van der Waals surface area contributed by atoms with Crippen LogP contribution >= 0.6 is 15.9 Å². The Kier molecular flexibility index (Phi) is 3.23. The monoisotopic (exact) mass is 257 g/mol. The molecule has 1 atom stereocenters. The summed E-state index contributed by atoms with van der Waals surface area (Å²) in [5.41, 5.74) is 2.42. The summed E-state index contributed by atoms with van der Waals surface area (Å²) in [4.78, 5) is 0. The molecule has 1 aromatic heterocycles. The number of piperidine rings is 1. The fourth-order valence-corrected chi connectivity index (χ4v) is 2.75. The Hall–Kier alpha value is -0.350. The van der Waals surface area contributed by atoms with Crippen LogP contribution in [0.3, 0.4) is 0 Å². The maximum atomic E-state index is 4.40. The fourth-order valence-electron chi connectivity index (χ4n) is 1.97. The summed E-state index contributed by atoms with van der Waals surface area (Å²) in [5.74, 6) is 0.578. The largest absolute Gasteiger partial charge is 0.316 e. The molecule has 0 saturated carbocycles. The second-order valence-electron chi connectivity index (χ2n) is 3.80. The van der Waals surface area contributed by atoms with Crippen molar-refractivity contribution >= 4 is 15.9 Å². The first-order valence-corrected chi connectivity index (χ1v) is 6.05. The molecule has 0 amide bonds. The zero-order valence-corrected chi connectivity index (χ0v) is 10.0. The summed E-state index contributed by atoms with van der Waals surface area (Å²) < 4.78 is 1.19. The molecule has 78 valence electrons. The van der Waals surface area contributed by atoms with Gasteiger partial charge in [0.15, 0.2) is 0 Å². The molecule has 4 heteroatoms. The summed E-state index contributed by atoms with van der Waals surface area (Å²) in [6, 6.07) is 0. The first kappa shape index (κ1) is 10.2. The number of aryl methyl sites for hydroxylation is 1. The Balaban J connectivity index is 2.18. The molecular weight excluding hydrogens is 242 g/mol. The number of H-pyrrole nitrogens is 1. The number of hydrogen-bond acceptors (Lipinski definition) is 2. The summed E-state index contributed by atoms with van der Waals surface area (Å²) >= 11 is 3.63. The average Bonchev–Trinajstić information content (AvgIpc) is 2.61. The van der Waals surface area contributed by atoms with E-state index in [-0.39, 0.29) is 0 Å². The van der Waals surface area contributed by atoms with Crippen LogP contribution in [0.1, 0.15) is 37.1 Å². The minimum absolute atomic E-state index is 0.578. The van der Waals surface area contributed by atoms with Crippen molar-refractivity contribution in [3.05, 3.63) is 15.9 Å².